The highest BCUT2D eigenvalue weighted by Crippen LogP contribution is 2.80. The van der Waals surface area contributed by atoms with E-state index in [9.17, 15) is 13.9 Å². The zero-order valence-corrected chi connectivity index (χ0v) is 20.0. The smallest absolute Gasteiger partial charge is 0.287 e. The maximum Gasteiger partial charge on any atom is 0.287 e. The van der Waals surface area contributed by atoms with Gasteiger partial charge in [0.2, 0.25) is 0 Å². The fourth-order valence-electron chi connectivity index (χ4n) is 6.72. The van der Waals surface area contributed by atoms with Crippen molar-refractivity contribution in [2.75, 3.05) is 19.6 Å². The lowest BCUT2D eigenvalue weighted by Gasteiger charge is -2.74. The van der Waals surface area contributed by atoms with Gasteiger partial charge in [-0.15, -0.1) is 5.10 Å². The van der Waals surface area contributed by atoms with Crippen LogP contribution in [-0.2, 0) is 12.1 Å². The Morgan fingerprint density at radius 1 is 1.08 bits per heavy atom. The van der Waals surface area contributed by atoms with Gasteiger partial charge in [0.25, 0.3) is 5.92 Å². The molecule has 0 spiro atoms. The minimum Gasteiger partial charge on any atom is -0.377 e. The summed E-state index contributed by atoms with van der Waals surface area (Å²) in [5.41, 5.74) is -3.21. The molecule has 3 aliphatic carbocycles. The molecule has 1 atom stereocenters. The van der Waals surface area contributed by atoms with Crippen LogP contribution in [0.2, 0.25) is 0 Å². The van der Waals surface area contributed by atoms with Gasteiger partial charge < -0.3 is 5.11 Å². The number of hydrogen-bond donors (Lipinski definition) is 1. The molecule has 3 heterocycles. The number of aromatic nitrogens is 5. The van der Waals surface area contributed by atoms with Crippen molar-refractivity contribution in [2.45, 2.75) is 43.8 Å². The maximum absolute atomic E-state index is 16.3. The van der Waals surface area contributed by atoms with Crippen molar-refractivity contribution in [1.29, 1.82) is 0 Å². The van der Waals surface area contributed by atoms with Crippen LogP contribution >= 0.6 is 0 Å². The van der Waals surface area contributed by atoms with Gasteiger partial charge in [0, 0.05) is 42.9 Å². The zero-order valence-electron chi connectivity index (χ0n) is 20.0. The van der Waals surface area contributed by atoms with Gasteiger partial charge in [-0.25, -0.2) is 22.2 Å². The lowest BCUT2D eigenvalue weighted by Crippen LogP contribution is -2.76. The Balaban J connectivity index is 1.19. The quantitative estimate of drug-likeness (QED) is 0.461. The summed E-state index contributed by atoms with van der Waals surface area (Å²) >= 11 is 0. The van der Waals surface area contributed by atoms with Crippen molar-refractivity contribution in [1.82, 2.24) is 30.1 Å². The third-order valence-electron chi connectivity index (χ3n) is 8.33. The molecular weight excluding hydrogens is 488 g/mol. The van der Waals surface area contributed by atoms with Gasteiger partial charge in [-0.05, 0) is 71.4 Å². The Bertz CT molecular complexity index is 1310. The largest absolute Gasteiger partial charge is 0.377 e. The second-order valence-electron chi connectivity index (χ2n) is 10.8. The number of alkyl halides is 2. The van der Waals surface area contributed by atoms with Gasteiger partial charge in [-0.3, -0.25) is 9.88 Å². The van der Waals surface area contributed by atoms with Gasteiger partial charge in [0.1, 0.15) is 18.0 Å². The van der Waals surface area contributed by atoms with E-state index in [1.807, 2.05) is 18.2 Å². The Morgan fingerprint density at radius 3 is 2.51 bits per heavy atom. The van der Waals surface area contributed by atoms with E-state index in [1.54, 1.807) is 6.20 Å². The summed E-state index contributed by atoms with van der Waals surface area (Å²) in [6.07, 6.45) is 6.49. The molecule has 3 fully saturated rings. The predicted octanol–water partition coefficient (Wildman–Crippen LogP) is 3.83. The second kappa shape index (κ2) is 8.42. The number of tetrazole rings is 1. The zero-order chi connectivity index (χ0) is 25.9. The van der Waals surface area contributed by atoms with Crippen LogP contribution in [0.3, 0.4) is 0 Å². The van der Waals surface area contributed by atoms with Crippen LogP contribution in [0.15, 0.2) is 55.0 Å². The highest BCUT2D eigenvalue weighted by Gasteiger charge is 2.81. The molecule has 1 aromatic carbocycles. The van der Waals surface area contributed by atoms with Gasteiger partial charge in [0.05, 0.1) is 12.2 Å². The van der Waals surface area contributed by atoms with Crippen LogP contribution in [0.5, 0.6) is 0 Å². The maximum atomic E-state index is 16.3. The summed E-state index contributed by atoms with van der Waals surface area (Å²) in [6.45, 7) is 1.46. The molecule has 1 aliphatic heterocycles. The minimum atomic E-state index is -3.71. The van der Waals surface area contributed by atoms with Crippen LogP contribution in [-0.4, -0.2) is 60.8 Å². The summed E-state index contributed by atoms with van der Waals surface area (Å²) in [7, 11) is 0. The topological polar surface area (TPSA) is 80.0 Å². The number of hydrogen-bond acceptors (Lipinski definition) is 6. The number of pyridine rings is 1. The second-order valence-corrected chi connectivity index (χ2v) is 10.8. The number of nitrogens with zero attached hydrogens (tertiary/aromatic N) is 6. The third kappa shape index (κ3) is 3.78. The molecule has 4 aliphatic rings. The van der Waals surface area contributed by atoms with E-state index in [1.165, 1.54) is 5.57 Å². The molecule has 0 radical (unpaired) electrons. The summed E-state index contributed by atoms with van der Waals surface area (Å²) < 4.78 is 61.8. The van der Waals surface area contributed by atoms with Crippen LogP contribution in [0.25, 0.3) is 5.57 Å². The molecule has 0 amide bonds. The van der Waals surface area contributed by atoms with Crippen molar-refractivity contribution in [3.63, 3.8) is 0 Å². The third-order valence-corrected chi connectivity index (χ3v) is 8.33. The predicted molar refractivity (Wildman–Crippen MR) is 125 cm³/mol. The van der Waals surface area contributed by atoms with Crippen molar-refractivity contribution in [3.8, 4) is 0 Å². The molecule has 1 N–H and O–H groups in total. The monoisotopic (exact) mass is 514 g/mol. The first-order chi connectivity index (χ1) is 17.7. The Morgan fingerprint density at radius 2 is 1.89 bits per heavy atom. The first-order valence-electron chi connectivity index (χ1n) is 12.2. The normalized spacial score (nSPS) is 27.1. The van der Waals surface area contributed by atoms with E-state index in [0.717, 1.165) is 48.3 Å². The van der Waals surface area contributed by atoms with Crippen molar-refractivity contribution < 1.29 is 22.7 Å². The number of rotatable bonds is 8. The van der Waals surface area contributed by atoms with Crippen LogP contribution < -0.4 is 0 Å². The van der Waals surface area contributed by atoms with E-state index in [2.05, 4.69) is 31.5 Å². The summed E-state index contributed by atoms with van der Waals surface area (Å²) in [6, 6.07) is 8.06. The molecule has 7 nitrogen and oxygen atoms in total. The van der Waals surface area contributed by atoms with Gasteiger partial charge in [0.15, 0.2) is 5.60 Å². The first kappa shape index (κ1) is 24.2. The SMILES string of the molecule is O[C@@](Cn1cnnn1)(c1ccc(F)cc1F)C(F)(F)C12CC(CN3CC=C(c4ccccn4)CC3)(C1)C2. The molecule has 0 saturated heterocycles. The van der Waals surface area contributed by atoms with Crippen molar-refractivity contribution in [2.24, 2.45) is 10.8 Å². The minimum absolute atomic E-state index is 0.223. The van der Waals surface area contributed by atoms with E-state index < -0.39 is 40.7 Å². The van der Waals surface area contributed by atoms with E-state index in [0.29, 0.717) is 12.6 Å². The van der Waals surface area contributed by atoms with E-state index in [-0.39, 0.29) is 24.7 Å². The van der Waals surface area contributed by atoms with Crippen LogP contribution in [0.1, 0.15) is 36.9 Å². The molecule has 2 aromatic heterocycles. The average molecular weight is 515 g/mol. The number of benzene rings is 1. The molecule has 194 valence electrons. The van der Waals surface area contributed by atoms with Crippen LogP contribution in [0, 0.1) is 22.5 Å². The van der Waals surface area contributed by atoms with Gasteiger partial charge in [-0.2, -0.15) is 0 Å². The summed E-state index contributed by atoms with van der Waals surface area (Å²) in [5, 5.41) is 21.9. The molecule has 7 rings (SSSR count). The fourth-order valence-corrected chi connectivity index (χ4v) is 6.72. The summed E-state index contributed by atoms with van der Waals surface area (Å²) in [5.74, 6) is -5.86. The van der Waals surface area contributed by atoms with Crippen molar-refractivity contribution in [3.05, 3.63) is 77.9 Å². The standard InChI is InChI=1S/C26H26F4N6O/c27-19-4-5-20(21(28)11-19)25(37,16-36-17-32-33-34-36)26(29,30)24-12-23(13-24,14-24)15-35-9-6-18(7-10-35)22-3-1-2-8-31-22/h1-6,8,11,17,37H,7,9-10,12-16H2/t23?,24?,25-/m0/s1. The Kier molecular flexibility index (Phi) is 5.50. The lowest BCUT2D eigenvalue weighted by molar-refractivity contribution is -0.371. The molecular formula is C26H26F4N6O. The molecule has 2 bridgehead atoms. The molecule has 37 heavy (non-hydrogen) atoms. The Labute approximate surface area is 210 Å². The molecule has 3 aromatic rings. The molecule has 3 saturated carbocycles. The Hall–Kier alpha value is -3.18. The molecule has 11 heteroatoms. The van der Waals surface area contributed by atoms with Crippen molar-refractivity contribution >= 4 is 5.57 Å². The number of aliphatic hydroxyl groups is 1. The van der Waals surface area contributed by atoms with Gasteiger partial charge >= 0.3 is 0 Å². The van der Waals surface area contributed by atoms with E-state index >= 15 is 8.78 Å². The van der Waals surface area contributed by atoms with Crippen LogP contribution in [0.4, 0.5) is 17.6 Å². The van der Waals surface area contributed by atoms with E-state index in [4.69, 9.17) is 0 Å². The highest BCUT2D eigenvalue weighted by atomic mass is 19.3. The van der Waals surface area contributed by atoms with Gasteiger partial charge in [-0.1, -0.05) is 12.1 Å². The highest BCUT2D eigenvalue weighted by molar-refractivity contribution is 5.63. The number of halogens is 4. The fraction of sp³-hybridized carbons (Fsp3) is 0.462. The first-order valence-corrected chi connectivity index (χ1v) is 12.2. The lowest BCUT2D eigenvalue weighted by atomic mass is 9.32. The average Bonchev–Trinajstić information content (AvgIpc) is 3.34. The summed E-state index contributed by atoms with van der Waals surface area (Å²) in [4.78, 5) is 6.67. The molecule has 0 unspecified atom stereocenters.